The Morgan fingerprint density at radius 2 is 1.65 bits per heavy atom. The van der Waals surface area contributed by atoms with Crippen molar-refractivity contribution in [1.29, 1.82) is 0 Å². The van der Waals surface area contributed by atoms with Crippen LogP contribution in [0.4, 0.5) is 5.69 Å². The van der Waals surface area contributed by atoms with Crippen LogP contribution in [0.1, 0.15) is 11.1 Å². The number of nitrogen functional groups attached to an aromatic ring is 1. The lowest BCUT2D eigenvalue weighted by molar-refractivity contribution is 0.318. The average molecular weight is 226 g/mol. The van der Waals surface area contributed by atoms with Crippen LogP contribution in [-0.4, -0.2) is 10.9 Å². The van der Waals surface area contributed by atoms with E-state index in [0.29, 0.717) is 12.1 Å². The highest BCUT2D eigenvalue weighted by Crippen LogP contribution is 2.10. The van der Waals surface area contributed by atoms with Gasteiger partial charge in [-0.3, -0.25) is 0 Å². The molecule has 2 rings (SSSR count). The summed E-state index contributed by atoms with van der Waals surface area (Å²) < 4.78 is 0. The summed E-state index contributed by atoms with van der Waals surface area (Å²) in [7, 11) is 0. The summed E-state index contributed by atoms with van der Waals surface area (Å²) in [6, 6.07) is 17.2. The minimum Gasteiger partial charge on any atom is -0.411 e. The van der Waals surface area contributed by atoms with Gasteiger partial charge < -0.3 is 10.9 Å². The summed E-state index contributed by atoms with van der Waals surface area (Å²) in [5.41, 5.74) is 8.99. The van der Waals surface area contributed by atoms with Gasteiger partial charge in [-0.2, -0.15) is 0 Å². The van der Waals surface area contributed by atoms with Gasteiger partial charge in [0.05, 0.1) is 5.71 Å². The SMILES string of the molecule is Nc1ccc(C/C(=N\O)c2ccccc2)cc1. The zero-order valence-corrected chi connectivity index (χ0v) is 9.38. The molecule has 0 saturated heterocycles. The summed E-state index contributed by atoms with van der Waals surface area (Å²) in [5.74, 6) is 0. The number of rotatable bonds is 3. The van der Waals surface area contributed by atoms with Crippen molar-refractivity contribution in [2.45, 2.75) is 6.42 Å². The number of benzene rings is 2. The van der Waals surface area contributed by atoms with Crippen molar-refractivity contribution >= 4 is 11.4 Å². The maximum absolute atomic E-state index is 9.06. The molecule has 0 aromatic heterocycles. The van der Waals surface area contributed by atoms with Crippen LogP contribution in [0.3, 0.4) is 0 Å². The molecule has 17 heavy (non-hydrogen) atoms. The lowest BCUT2D eigenvalue weighted by atomic mass is 10.0. The number of hydrogen-bond acceptors (Lipinski definition) is 3. The Morgan fingerprint density at radius 3 is 2.24 bits per heavy atom. The molecule has 2 aromatic carbocycles. The number of oxime groups is 1. The van der Waals surface area contributed by atoms with Gasteiger partial charge >= 0.3 is 0 Å². The van der Waals surface area contributed by atoms with Crippen LogP contribution in [-0.2, 0) is 6.42 Å². The molecule has 0 saturated carbocycles. The molecular formula is C14H14N2O. The van der Waals surface area contributed by atoms with Gasteiger partial charge in [-0.1, -0.05) is 47.6 Å². The second kappa shape index (κ2) is 5.16. The quantitative estimate of drug-likeness (QED) is 0.366. The third-order valence-corrected chi connectivity index (χ3v) is 2.58. The Hall–Kier alpha value is -2.29. The fourth-order valence-corrected chi connectivity index (χ4v) is 1.65. The van der Waals surface area contributed by atoms with E-state index in [4.69, 9.17) is 10.9 Å². The molecule has 3 heteroatoms. The molecule has 0 aliphatic carbocycles. The smallest absolute Gasteiger partial charge is 0.0911 e. The first kappa shape index (κ1) is 11.2. The van der Waals surface area contributed by atoms with Crippen molar-refractivity contribution in [3.63, 3.8) is 0 Å². The first-order valence-electron chi connectivity index (χ1n) is 5.40. The predicted octanol–water partition coefficient (Wildman–Crippen LogP) is 2.69. The van der Waals surface area contributed by atoms with Crippen molar-refractivity contribution in [3.05, 3.63) is 65.7 Å². The fraction of sp³-hybridized carbons (Fsp3) is 0.0714. The minimum atomic E-state index is 0.584. The standard InChI is InChI=1S/C14H14N2O/c15-13-8-6-11(7-9-13)10-14(16-17)12-4-2-1-3-5-12/h1-9,17H,10,15H2/b16-14+. The molecule has 0 heterocycles. The van der Waals surface area contributed by atoms with Crippen LogP contribution in [0.15, 0.2) is 59.8 Å². The van der Waals surface area contributed by atoms with Crippen molar-refractivity contribution in [2.75, 3.05) is 5.73 Å². The summed E-state index contributed by atoms with van der Waals surface area (Å²) in [5, 5.41) is 12.4. The Morgan fingerprint density at radius 1 is 1.00 bits per heavy atom. The Bertz CT molecular complexity index is 504. The summed E-state index contributed by atoms with van der Waals surface area (Å²) in [6.45, 7) is 0. The van der Waals surface area contributed by atoms with Crippen molar-refractivity contribution in [1.82, 2.24) is 0 Å². The van der Waals surface area contributed by atoms with Crippen molar-refractivity contribution in [3.8, 4) is 0 Å². The molecule has 0 fully saturated rings. The number of hydrogen-bond donors (Lipinski definition) is 2. The normalized spacial score (nSPS) is 11.4. The number of nitrogens with zero attached hydrogens (tertiary/aromatic N) is 1. The molecule has 0 bridgehead atoms. The minimum absolute atomic E-state index is 0.584. The molecule has 86 valence electrons. The van der Waals surface area contributed by atoms with Crippen molar-refractivity contribution in [2.24, 2.45) is 5.16 Å². The van der Waals surface area contributed by atoms with Gasteiger partial charge in [0.25, 0.3) is 0 Å². The van der Waals surface area contributed by atoms with E-state index in [2.05, 4.69) is 5.16 Å². The maximum Gasteiger partial charge on any atom is 0.0911 e. The van der Waals surface area contributed by atoms with Gasteiger partial charge in [0.1, 0.15) is 0 Å². The molecule has 3 N–H and O–H groups in total. The Labute approximate surface area is 100 Å². The van der Waals surface area contributed by atoms with E-state index < -0.39 is 0 Å². The molecular weight excluding hydrogens is 212 g/mol. The van der Waals surface area contributed by atoms with Crippen LogP contribution < -0.4 is 5.73 Å². The highest BCUT2D eigenvalue weighted by atomic mass is 16.4. The van der Waals surface area contributed by atoms with E-state index in [1.165, 1.54) is 0 Å². The molecule has 0 radical (unpaired) electrons. The first-order chi connectivity index (χ1) is 8.29. The third kappa shape index (κ3) is 2.84. The molecule has 0 aliphatic heterocycles. The second-order valence-electron chi connectivity index (χ2n) is 3.83. The van der Waals surface area contributed by atoms with Gasteiger partial charge in [-0.25, -0.2) is 0 Å². The summed E-state index contributed by atoms with van der Waals surface area (Å²) >= 11 is 0. The second-order valence-corrected chi connectivity index (χ2v) is 3.83. The molecule has 0 atom stereocenters. The van der Waals surface area contributed by atoms with Crippen LogP contribution >= 0.6 is 0 Å². The van der Waals surface area contributed by atoms with Gasteiger partial charge in [-0.05, 0) is 23.3 Å². The predicted molar refractivity (Wildman–Crippen MR) is 69.3 cm³/mol. The van der Waals surface area contributed by atoms with Crippen LogP contribution in [0.25, 0.3) is 0 Å². The molecule has 0 spiro atoms. The fourth-order valence-electron chi connectivity index (χ4n) is 1.65. The molecule has 3 nitrogen and oxygen atoms in total. The van der Waals surface area contributed by atoms with E-state index in [-0.39, 0.29) is 0 Å². The molecule has 0 unspecified atom stereocenters. The zero-order valence-electron chi connectivity index (χ0n) is 9.38. The van der Waals surface area contributed by atoms with E-state index >= 15 is 0 Å². The van der Waals surface area contributed by atoms with Crippen LogP contribution in [0.5, 0.6) is 0 Å². The average Bonchev–Trinajstić information content (AvgIpc) is 2.39. The van der Waals surface area contributed by atoms with Crippen LogP contribution in [0, 0.1) is 0 Å². The largest absolute Gasteiger partial charge is 0.411 e. The van der Waals surface area contributed by atoms with E-state index in [0.717, 1.165) is 16.8 Å². The van der Waals surface area contributed by atoms with Gasteiger partial charge in [-0.15, -0.1) is 0 Å². The van der Waals surface area contributed by atoms with Gasteiger partial charge in [0.15, 0.2) is 0 Å². The van der Waals surface area contributed by atoms with Gasteiger partial charge in [0.2, 0.25) is 0 Å². The summed E-state index contributed by atoms with van der Waals surface area (Å²) in [4.78, 5) is 0. The third-order valence-electron chi connectivity index (χ3n) is 2.58. The molecule has 2 aromatic rings. The Balaban J connectivity index is 2.19. The van der Waals surface area contributed by atoms with E-state index in [9.17, 15) is 0 Å². The molecule has 0 aliphatic rings. The molecule has 0 amide bonds. The summed E-state index contributed by atoms with van der Waals surface area (Å²) in [6.07, 6.45) is 0.584. The van der Waals surface area contributed by atoms with E-state index in [1.807, 2.05) is 54.6 Å². The van der Waals surface area contributed by atoms with Crippen LogP contribution in [0.2, 0.25) is 0 Å². The first-order valence-corrected chi connectivity index (χ1v) is 5.40. The number of anilines is 1. The zero-order chi connectivity index (χ0) is 12.1. The lowest BCUT2D eigenvalue weighted by Gasteiger charge is -2.05. The highest BCUT2D eigenvalue weighted by molar-refractivity contribution is 6.01. The van der Waals surface area contributed by atoms with Crippen molar-refractivity contribution < 1.29 is 5.21 Å². The van der Waals surface area contributed by atoms with Gasteiger partial charge in [0, 0.05) is 12.1 Å². The maximum atomic E-state index is 9.06. The topological polar surface area (TPSA) is 58.6 Å². The van der Waals surface area contributed by atoms with E-state index in [1.54, 1.807) is 0 Å². The highest BCUT2D eigenvalue weighted by Gasteiger charge is 2.05. The Kier molecular flexibility index (Phi) is 3.40. The monoisotopic (exact) mass is 226 g/mol. The lowest BCUT2D eigenvalue weighted by Crippen LogP contribution is -2.05. The number of nitrogens with two attached hydrogens (primary N) is 1.